The maximum Gasteiger partial charge on any atom is 0.222 e. The molecule has 0 saturated heterocycles. The van der Waals surface area contributed by atoms with Crippen LogP contribution in [0.15, 0.2) is 36.4 Å². The molecule has 3 rings (SSSR count). The van der Waals surface area contributed by atoms with Crippen molar-refractivity contribution in [3.05, 3.63) is 36.4 Å². The molecular weight excluding hydrogens is 246 g/mol. The van der Waals surface area contributed by atoms with Crippen LogP contribution < -0.4 is 4.74 Å². The van der Waals surface area contributed by atoms with Crippen LogP contribution in [-0.4, -0.2) is 27.2 Å². The molecule has 1 heterocycles. The predicted molar refractivity (Wildman–Crippen MR) is 67.2 cm³/mol. The Morgan fingerprint density at radius 1 is 1.11 bits per heavy atom. The number of hydrogen-bond donors (Lipinski definition) is 1. The van der Waals surface area contributed by atoms with Gasteiger partial charge in [0.2, 0.25) is 5.75 Å². The van der Waals surface area contributed by atoms with Crippen molar-refractivity contribution < 1.29 is 14.9 Å². The minimum Gasteiger partial charge on any atom is -0.504 e. The maximum atomic E-state index is 11.4. The van der Waals surface area contributed by atoms with Gasteiger partial charge in [-0.1, -0.05) is 0 Å². The fourth-order valence-corrected chi connectivity index (χ4v) is 1.76. The summed E-state index contributed by atoms with van der Waals surface area (Å²) in [5.74, 6) is -0.0617. The topological polar surface area (TPSA) is 80.1 Å². The Labute approximate surface area is 108 Å². The van der Waals surface area contributed by atoms with Crippen molar-refractivity contribution in [2.75, 3.05) is 7.11 Å². The summed E-state index contributed by atoms with van der Waals surface area (Å²) in [7, 11) is 1.58. The molecule has 1 aromatic heterocycles. The highest BCUT2D eigenvalue weighted by Gasteiger charge is 2.08. The van der Waals surface area contributed by atoms with Crippen molar-refractivity contribution >= 4 is 11.0 Å². The summed E-state index contributed by atoms with van der Waals surface area (Å²) >= 11 is 0. The van der Waals surface area contributed by atoms with E-state index in [0.29, 0.717) is 22.5 Å². The third kappa shape index (κ3) is 1.93. The van der Waals surface area contributed by atoms with Gasteiger partial charge in [-0.2, -0.15) is 4.80 Å². The van der Waals surface area contributed by atoms with E-state index in [-0.39, 0.29) is 5.75 Å². The van der Waals surface area contributed by atoms with E-state index in [1.165, 1.54) is 16.9 Å². The molecule has 19 heavy (non-hydrogen) atoms. The molecule has 6 heteroatoms. The molecule has 95 valence electrons. The SMILES string of the molecule is COc1ccc2nn(-c3ccc(O)c([O])c3)nc2c1. The van der Waals surface area contributed by atoms with E-state index in [4.69, 9.17) is 4.74 Å². The van der Waals surface area contributed by atoms with E-state index in [9.17, 15) is 10.2 Å². The monoisotopic (exact) mass is 256 g/mol. The molecule has 0 saturated carbocycles. The summed E-state index contributed by atoms with van der Waals surface area (Å²) in [6.07, 6.45) is 0. The standard InChI is InChI=1S/C13H10N3O3/c1-19-9-3-4-10-11(7-9)15-16(14-10)8-2-5-12(17)13(18)6-8/h2-7,17H,1H3. The Bertz CT molecular complexity index is 752. The molecule has 0 unspecified atom stereocenters. The first-order valence-corrected chi connectivity index (χ1v) is 5.59. The van der Waals surface area contributed by atoms with Crippen molar-refractivity contribution in [1.82, 2.24) is 15.0 Å². The lowest BCUT2D eigenvalue weighted by atomic mass is 10.3. The quantitative estimate of drug-likeness (QED) is 0.762. The number of phenolic OH excluding ortho intramolecular Hbond substituents is 1. The van der Waals surface area contributed by atoms with Gasteiger partial charge in [0.15, 0.2) is 5.75 Å². The van der Waals surface area contributed by atoms with Crippen molar-refractivity contribution in [1.29, 1.82) is 0 Å². The van der Waals surface area contributed by atoms with E-state index in [2.05, 4.69) is 10.2 Å². The van der Waals surface area contributed by atoms with Gasteiger partial charge in [0.25, 0.3) is 0 Å². The van der Waals surface area contributed by atoms with Crippen LogP contribution in [0, 0.1) is 0 Å². The first kappa shape index (κ1) is 11.3. The molecule has 6 nitrogen and oxygen atoms in total. The van der Waals surface area contributed by atoms with Gasteiger partial charge >= 0.3 is 0 Å². The van der Waals surface area contributed by atoms with Crippen LogP contribution >= 0.6 is 0 Å². The van der Waals surface area contributed by atoms with E-state index < -0.39 is 5.75 Å². The Hall–Kier alpha value is -2.76. The highest BCUT2D eigenvalue weighted by atomic mass is 16.5. The number of aromatic hydroxyl groups is 1. The summed E-state index contributed by atoms with van der Waals surface area (Å²) in [5.41, 5.74) is 1.86. The van der Waals surface area contributed by atoms with Gasteiger partial charge in [0, 0.05) is 12.1 Å². The van der Waals surface area contributed by atoms with Gasteiger partial charge in [0.1, 0.15) is 16.8 Å². The molecular formula is C13H10N3O3. The van der Waals surface area contributed by atoms with Gasteiger partial charge in [-0.3, -0.25) is 5.11 Å². The van der Waals surface area contributed by atoms with Crippen LogP contribution in [0.3, 0.4) is 0 Å². The number of fused-ring (bicyclic) bond motifs is 1. The van der Waals surface area contributed by atoms with Crippen LogP contribution in [0.4, 0.5) is 0 Å². The molecule has 2 aromatic carbocycles. The Morgan fingerprint density at radius 3 is 2.63 bits per heavy atom. The Balaban J connectivity index is 2.11. The smallest absolute Gasteiger partial charge is 0.222 e. The molecule has 0 fully saturated rings. The molecule has 0 amide bonds. The summed E-state index contributed by atoms with van der Waals surface area (Å²) in [4.78, 5) is 1.35. The van der Waals surface area contributed by atoms with Gasteiger partial charge in [-0.15, -0.1) is 10.2 Å². The van der Waals surface area contributed by atoms with Crippen molar-refractivity contribution in [3.8, 4) is 22.9 Å². The van der Waals surface area contributed by atoms with Gasteiger partial charge in [0.05, 0.1) is 12.8 Å². The Morgan fingerprint density at radius 2 is 1.89 bits per heavy atom. The third-order valence-corrected chi connectivity index (χ3v) is 2.76. The number of rotatable bonds is 2. The van der Waals surface area contributed by atoms with Crippen LogP contribution in [0.2, 0.25) is 0 Å². The second-order valence-electron chi connectivity index (χ2n) is 4.00. The third-order valence-electron chi connectivity index (χ3n) is 2.76. The molecule has 0 aliphatic heterocycles. The number of aromatic nitrogens is 3. The van der Waals surface area contributed by atoms with Crippen LogP contribution in [-0.2, 0) is 5.11 Å². The number of ether oxygens (including phenoxy) is 1. The number of nitrogens with zero attached hydrogens (tertiary/aromatic N) is 3. The summed E-state index contributed by atoms with van der Waals surface area (Å²) in [5, 5.41) is 29.1. The van der Waals surface area contributed by atoms with Gasteiger partial charge < -0.3 is 9.84 Å². The molecule has 0 aliphatic rings. The zero-order valence-electron chi connectivity index (χ0n) is 10.1. The molecule has 1 N–H and O–H groups in total. The number of phenols is 1. The van der Waals surface area contributed by atoms with E-state index in [1.807, 2.05) is 0 Å². The Kier molecular flexibility index (Phi) is 2.49. The summed E-state index contributed by atoms with van der Waals surface area (Å²) in [6, 6.07) is 9.52. The molecule has 0 spiro atoms. The zero-order valence-corrected chi connectivity index (χ0v) is 10.1. The minimum atomic E-state index is -0.462. The fourth-order valence-electron chi connectivity index (χ4n) is 1.76. The van der Waals surface area contributed by atoms with Crippen molar-refractivity contribution in [3.63, 3.8) is 0 Å². The van der Waals surface area contributed by atoms with Crippen LogP contribution in [0.5, 0.6) is 17.2 Å². The van der Waals surface area contributed by atoms with Crippen molar-refractivity contribution in [2.45, 2.75) is 0 Å². The predicted octanol–water partition coefficient (Wildman–Crippen LogP) is 2.28. The average molecular weight is 256 g/mol. The van der Waals surface area contributed by atoms with Crippen LogP contribution in [0.1, 0.15) is 0 Å². The number of hydrogen-bond acceptors (Lipinski definition) is 4. The number of methoxy groups -OCH3 is 1. The molecule has 1 radical (unpaired) electrons. The highest BCUT2D eigenvalue weighted by Crippen LogP contribution is 2.27. The lowest BCUT2D eigenvalue weighted by Crippen LogP contribution is -1.97. The summed E-state index contributed by atoms with van der Waals surface area (Å²) in [6.45, 7) is 0. The van der Waals surface area contributed by atoms with Crippen molar-refractivity contribution in [2.24, 2.45) is 0 Å². The first-order chi connectivity index (χ1) is 9.17. The molecule has 0 aliphatic carbocycles. The molecule has 3 aromatic rings. The minimum absolute atomic E-state index is 0.290. The maximum absolute atomic E-state index is 11.4. The zero-order chi connectivity index (χ0) is 13.4. The van der Waals surface area contributed by atoms with E-state index in [1.54, 1.807) is 31.4 Å². The number of benzene rings is 2. The summed E-state index contributed by atoms with van der Waals surface area (Å²) < 4.78 is 5.11. The van der Waals surface area contributed by atoms with Gasteiger partial charge in [-0.05, 0) is 24.3 Å². The second kappa shape index (κ2) is 4.16. The van der Waals surface area contributed by atoms with Crippen LogP contribution in [0.25, 0.3) is 16.7 Å². The highest BCUT2D eigenvalue weighted by molar-refractivity contribution is 5.75. The first-order valence-electron chi connectivity index (χ1n) is 5.59. The fraction of sp³-hybridized carbons (Fsp3) is 0.0769. The lowest BCUT2D eigenvalue weighted by Gasteiger charge is -1.99. The van der Waals surface area contributed by atoms with E-state index >= 15 is 0 Å². The van der Waals surface area contributed by atoms with E-state index in [0.717, 1.165) is 0 Å². The molecule has 0 bridgehead atoms. The largest absolute Gasteiger partial charge is 0.504 e. The van der Waals surface area contributed by atoms with Gasteiger partial charge in [-0.25, -0.2) is 0 Å². The lowest BCUT2D eigenvalue weighted by molar-refractivity contribution is 0.324. The second-order valence-corrected chi connectivity index (χ2v) is 4.00. The normalized spacial score (nSPS) is 10.8. The average Bonchev–Trinajstić information content (AvgIpc) is 2.84. The molecule has 0 atom stereocenters.